The minimum atomic E-state index is -0.446. The van der Waals surface area contributed by atoms with Gasteiger partial charge in [0.05, 0.1) is 11.1 Å². The van der Waals surface area contributed by atoms with Crippen molar-refractivity contribution in [3.63, 3.8) is 0 Å². The molecule has 1 atom stereocenters. The zero-order valence-electron chi connectivity index (χ0n) is 32.7. The molecule has 1 aliphatic heterocycles. The molecule has 0 amide bonds. The molecule has 4 nitrogen and oxygen atoms in total. The van der Waals surface area contributed by atoms with Gasteiger partial charge in [-0.05, 0) is 74.7 Å². The number of benzene rings is 7. The van der Waals surface area contributed by atoms with Crippen molar-refractivity contribution in [3.05, 3.63) is 233 Å². The van der Waals surface area contributed by atoms with Crippen LogP contribution in [0.5, 0.6) is 0 Å². The van der Waals surface area contributed by atoms with Crippen molar-refractivity contribution in [1.29, 1.82) is 0 Å². The van der Waals surface area contributed by atoms with Crippen LogP contribution in [0, 0.1) is 0 Å². The molecule has 2 heterocycles. The molecule has 0 bridgehead atoms. The summed E-state index contributed by atoms with van der Waals surface area (Å²) in [6, 6.07) is 62.5. The number of thioether (sulfide) groups is 1. The third-order valence-corrected chi connectivity index (χ3v) is 13.1. The van der Waals surface area contributed by atoms with Crippen molar-refractivity contribution in [3.8, 4) is 56.4 Å². The standard InChI is InChI=1S/C55H38N4S/c1-2-32-56-49-27-14-11-22-42(49)40-29-31-48-51(35-40)60-50-34-39(28-30-47(50)55(48)45-25-12-9-23-43(45)44-24-10-13-26-46(44)55)38-20-15-21-41(33-38)54-58-52(36-16-5-3-6-17-36)57-53(59-54)37-18-7-4-8-19-37/h2-28,30-35,40H,1,29H2. The van der Waals surface area contributed by atoms with Gasteiger partial charge in [0.2, 0.25) is 0 Å². The lowest BCUT2D eigenvalue weighted by molar-refractivity contribution is 0.710. The third kappa shape index (κ3) is 5.92. The first-order chi connectivity index (χ1) is 29.7. The van der Waals surface area contributed by atoms with Crippen LogP contribution in [0.2, 0.25) is 0 Å². The van der Waals surface area contributed by atoms with E-state index in [2.05, 4.69) is 134 Å². The Labute approximate surface area is 354 Å². The maximum absolute atomic E-state index is 5.04. The van der Waals surface area contributed by atoms with Gasteiger partial charge >= 0.3 is 0 Å². The van der Waals surface area contributed by atoms with Crippen molar-refractivity contribution in [1.82, 2.24) is 15.0 Å². The lowest BCUT2D eigenvalue weighted by Gasteiger charge is -2.43. The highest BCUT2D eigenvalue weighted by Gasteiger charge is 2.52. The van der Waals surface area contributed by atoms with Crippen molar-refractivity contribution in [2.45, 2.75) is 22.6 Å². The minimum absolute atomic E-state index is 0.182. The van der Waals surface area contributed by atoms with Crippen molar-refractivity contribution >= 4 is 23.7 Å². The SMILES string of the molecule is C=CC=Nc1ccccc1C1C=C2Sc3cc(-c4cccc(-c5nc(-c6ccccc6)nc(-c6ccccc6)n5)c4)ccc3C3(C2=CC1)c1ccccc1-c1ccccc13. The molecule has 0 fully saturated rings. The second-order valence-electron chi connectivity index (χ2n) is 15.3. The van der Waals surface area contributed by atoms with E-state index in [0.717, 1.165) is 39.9 Å². The summed E-state index contributed by atoms with van der Waals surface area (Å²) >= 11 is 1.89. The van der Waals surface area contributed by atoms with E-state index in [9.17, 15) is 0 Å². The van der Waals surface area contributed by atoms with Gasteiger partial charge < -0.3 is 0 Å². The third-order valence-electron chi connectivity index (χ3n) is 12.0. The van der Waals surface area contributed by atoms with E-state index in [1.807, 2.05) is 72.4 Å². The summed E-state index contributed by atoms with van der Waals surface area (Å²) in [6.07, 6.45) is 9.43. The topological polar surface area (TPSA) is 51.0 Å². The number of allylic oxidation sites excluding steroid dienone is 4. The van der Waals surface area contributed by atoms with Gasteiger partial charge in [0.25, 0.3) is 0 Å². The number of hydrogen-bond donors (Lipinski definition) is 0. The Morgan fingerprint density at radius 3 is 1.80 bits per heavy atom. The van der Waals surface area contributed by atoms with Gasteiger partial charge in [-0.1, -0.05) is 194 Å². The van der Waals surface area contributed by atoms with Gasteiger partial charge in [0, 0.05) is 38.6 Å². The Morgan fingerprint density at radius 1 is 0.550 bits per heavy atom. The fourth-order valence-electron chi connectivity index (χ4n) is 9.33. The Hall–Kier alpha value is -7.21. The second-order valence-corrected chi connectivity index (χ2v) is 16.4. The van der Waals surface area contributed by atoms with E-state index in [1.165, 1.54) is 48.8 Å². The van der Waals surface area contributed by atoms with Crippen molar-refractivity contribution in [2.75, 3.05) is 0 Å². The molecule has 0 saturated heterocycles. The van der Waals surface area contributed by atoms with E-state index in [-0.39, 0.29) is 5.92 Å². The Balaban J connectivity index is 1.06. The quantitative estimate of drug-likeness (QED) is 0.151. The minimum Gasteiger partial charge on any atom is -0.257 e. The van der Waals surface area contributed by atoms with E-state index in [0.29, 0.717) is 17.5 Å². The maximum Gasteiger partial charge on any atom is 0.164 e. The zero-order chi connectivity index (χ0) is 40.0. The van der Waals surface area contributed by atoms with Crippen LogP contribution in [-0.4, -0.2) is 21.2 Å². The lowest BCUT2D eigenvalue weighted by atomic mass is 9.65. The predicted molar refractivity (Wildman–Crippen MR) is 248 cm³/mol. The zero-order valence-corrected chi connectivity index (χ0v) is 33.6. The summed E-state index contributed by atoms with van der Waals surface area (Å²) in [7, 11) is 0. The number of fused-ring (bicyclic) bond motifs is 9. The highest BCUT2D eigenvalue weighted by molar-refractivity contribution is 8.03. The van der Waals surface area contributed by atoms with Gasteiger partial charge in [0.15, 0.2) is 17.5 Å². The van der Waals surface area contributed by atoms with Crippen LogP contribution in [0.15, 0.2) is 221 Å². The molecule has 284 valence electrons. The summed E-state index contributed by atoms with van der Waals surface area (Å²) in [5, 5.41) is 0. The van der Waals surface area contributed by atoms with Crippen LogP contribution in [0.25, 0.3) is 56.4 Å². The lowest BCUT2D eigenvalue weighted by Crippen LogP contribution is -2.34. The molecule has 8 aromatic rings. The fraction of sp³-hybridized carbons (Fsp3) is 0.0545. The van der Waals surface area contributed by atoms with Crippen molar-refractivity contribution < 1.29 is 0 Å². The highest BCUT2D eigenvalue weighted by Crippen LogP contribution is 2.65. The Bertz CT molecular complexity index is 2970. The van der Waals surface area contributed by atoms with Gasteiger partial charge in [-0.3, -0.25) is 4.99 Å². The number of rotatable bonds is 7. The van der Waals surface area contributed by atoms with E-state index in [4.69, 9.17) is 19.9 Å². The number of hydrogen-bond acceptors (Lipinski definition) is 5. The summed E-state index contributed by atoms with van der Waals surface area (Å²) < 4.78 is 0. The molecular formula is C55H38N4S. The van der Waals surface area contributed by atoms with E-state index in [1.54, 1.807) is 12.3 Å². The molecule has 0 radical (unpaired) electrons. The van der Waals surface area contributed by atoms with Crippen LogP contribution in [0.1, 0.15) is 34.6 Å². The molecular weight excluding hydrogens is 749 g/mol. The van der Waals surface area contributed by atoms with E-state index < -0.39 is 5.41 Å². The van der Waals surface area contributed by atoms with Gasteiger partial charge in [-0.25, -0.2) is 15.0 Å². The number of aliphatic imine (C=N–C) groups is 1. The van der Waals surface area contributed by atoms with E-state index >= 15 is 0 Å². The normalized spacial score (nSPS) is 15.7. The van der Waals surface area contributed by atoms with Crippen LogP contribution < -0.4 is 0 Å². The molecule has 2 aliphatic carbocycles. The maximum atomic E-state index is 5.04. The average Bonchev–Trinajstić information content (AvgIpc) is 3.61. The van der Waals surface area contributed by atoms with Gasteiger partial charge in [0.1, 0.15) is 0 Å². The fourth-order valence-corrected chi connectivity index (χ4v) is 10.7. The molecule has 1 unspecified atom stereocenters. The first-order valence-electron chi connectivity index (χ1n) is 20.4. The highest BCUT2D eigenvalue weighted by atomic mass is 32.2. The summed E-state index contributed by atoms with van der Waals surface area (Å²) in [6.45, 7) is 3.87. The second kappa shape index (κ2) is 14.9. The molecule has 11 rings (SSSR count). The largest absolute Gasteiger partial charge is 0.257 e. The smallest absolute Gasteiger partial charge is 0.164 e. The molecule has 0 N–H and O–H groups in total. The first kappa shape index (κ1) is 35.9. The molecule has 1 spiro atoms. The molecule has 0 saturated carbocycles. The molecule has 7 aromatic carbocycles. The van der Waals surface area contributed by atoms with Crippen molar-refractivity contribution in [2.24, 2.45) is 4.99 Å². The Morgan fingerprint density at radius 2 is 1.12 bits per heavy atom. The molecule has 60 heavy (non-hydrogen) atoms. The van der Waals surface area contributed by atoms with Gasteiger partial charge in [-0.15, -0.1) is 0 Å². The van der Waals surface area contributed by atoms with Crippen LogP contribution in [0.3, 0.4) is 0 Å². The Kier molecular flexibility index (Phi) is 8.90. The average molecular weight is 787 g/mol. The van der Waals surface area contributed by atoms with Gasteiger partial charge in [-0.2, -0.15) is 0 Å². The summed E-state index contributed by atoms with van der Waals surface area (Å²) in [5.74, 6) is 2.12. The molecule has 5 heteroatoms. The number of aromatic nitrogens is 3. The first-order valence-corrected chi connectivity index (χ1v) is 21.2. The number of nitrogens with zero attached hydrogens (tertiary/aromatic N) is 4. The van der Waals surface area contributed by atoms with Crippen LogP contribution in [0.4, 0.5) is 5.69 Å². The molecule has 1 aromatic heterocycles. The molecule has 3 aliphatic rings. The van der Waals surface area contributed by atoms with Crippen LogP contribution >= 0.6 is 11.8 Å². The number of para-hydroxylation sites is 1. The monoisotopic (exact) mass is 786 g/mol. The predicted octanol–water partition coefficient (Wildman–Crippen LogP) is 13.8. The van der Waals surface area contributed by atoms with Crippen LogP contribution in [-0.2, 0) is 5.41 Å². The summed E-state index contributed by atoms with van der Waals surface area (Å²) in [5.41, 5.74) is 14.8. The summed E-state index contributed by atoms with van der Waals surface area (Å²) in [4.78, 5) is 22.3.